The van der Waals surface area contributed by atoms with Crippen LogP contribution in [0.25, 0.3) is 0 Å². The number of esters is 1. The van der Waals surface area contributed by atoms with Gasteiger partial charge in [0.25, 0.3) is 0 Å². The average Bonchev–Trinajstić information content (AvgIpc) is 2.53. The lowest BCUT2D eigenvalue weighted by molar-refractivity contribution is -0.145. The molecule has 0 aromatic rings. The Labute approximate surface area is 78.2 Å². The molecule has 70 valence electrons. The van der Waals surface area contributed by atoms with Crippen molar-refractivity contribution >= 4 is 17.6 Å². The zero-order valence-corrected chi connectivity index (χ0v) is 8.52. The number of ether oxygens (including phenoxy) is 1. The molecule has 1 saturated carbocycles. The van der Waals surface area contributed by atoms with Gasteiger partial charge < -0.3 is 4.74 Å². The first-order valence-corrected chi connectivity index (χ1v) is 4.81. The minimum atomic E-state index is -0.0897. The van der Waals surface area contributed by atoms with Crippen LogP contribution in [0, 0.1) is 17.3 Å². The first-order chi connectivity index (χ1) is 5.55. The highest BCUT2D eigenvalue weighted by molar-refractivity contribution is 6.18. The van der Waals surface area contributed by atoms with Crippen molar-refractivity contribution in [3.05, 3.63) is 0 Å². The Kier molecular flexibility index (Phi) is 2.67. The molecule has 3 heteroatoms. The summed E-state index contributed by atoms with van der Waals surface area (Å²) < 4.78 is 4.94. The second-order valence-electron chi connectivity index (χ2n) is 3.81. The molecular weight excluding hydrogens is 176 g/mol. The lowest BCUT2D eigenvalue weighted by Crippen LogP contribution is -2.10. The van der Waals surface area contributed by atoms with Crippen LogP contribution in [0.1, 0.15) is 20.8 Å². The number of hydrogen-bond acceptors (Lipinski definition) is 2. The van der Waals surface area contributed by atoms with Crippen molar-refractivity contribution in [3.8, 4) is 0 Å². The molecule has 0 saturated heterocycles. The van der Waals surface area contributed by atoms with Crippen molar-refractivity contribution in [2.45, 2.75) is 20.8 Å². The van der Waals surface area contributed by atoms with Crippen molar-refractivity contribution in [2.75, 3.05) is 12.5 Å². The Bertz CT molecular complexity index is 189. The van der Waals surface area contributed by atoms with E-state index < -0.39 is 0 Å². The summed E-state index contributed by atoms with van der Waals surface area (Å²) in [6.45, 7) is 6.40. The van der Waals surface area contributed by atoms with Gasteiger partial charge >= 0.3 is 5.97 Å². The molecule has 12 heavy (non-hydrogen) atoms. The lowest BCUT2D eigenvalue weighted by atomic mass is 10.1. The molecule has 0 aromatic heterocycles. The van der Waals surface area contributed by atoms with Crippen LogP contribution in [0.2, 0.25) is 0 Å². The van der Waals surface area contributed by atoms with Gasteiger partial charge in [-0.25, -0.2) is 0 Å². The zero-order chi connectivity index (χ0) is 9.35. The van der Waals surface area contributed by atoms with Crippen molar-refractivity contribution in [3.63, 3.8) is 0 Å². The zero-order valence-electron chi connectivity index (χ0n) is 7.76. The van der Waals surface area contributed by atoms with Crippen molar-refractivity contribution < 1.29 is 9.53 Å². The first kappa shape index (κ1) is 9.85. The fourth-order valence-electron chi connectivity index (χ4n) is 1.73. The maximum atomic E-state index is 11.3. The van der Waals surface area contributed by atoms with Gasteiger partial charge in [0.1, 0.15) is 0 Å². The number of alkyl halides is 1. The third kappa shape index (κ3) is 1.45. The predicted octanol–water partition coefficient (Wildman–Crippen LogP) is 2.06. The molecule has 1 aliphatic carbocycles. The highest BCUT2D eigenvalue weighted by atomic mass is 35.5. The van der Waals surface area contributed by atoms with E-state index in [1.807, 2.05) is 6.92 Å². The van der Waals surface area contributed by atoms with E-state index in [-0.39, 0.29) is 17.3 Å². The highest BCUT2D eigenvalue weighted by Crippen LogP contribution is 2.59. The van der Waals surface area contributed by atoms with Crippen LogP contribution in [0.5, 0.6) is 0 Å². The van der Waals surface area contributed by atoms with E-state index in [0.29, 0.717) is 18.4 Å². The summed E-state index contributed by atoms with van der Waals surface area (Å²) in [5, 5.41) is 0. The fourth-order valence-corrected chi connectivity index (χ4v) is 2.31. The summed E-state index contributed by atoms with van der Waals surface area (Å²) in [4.78, 5) is 11.3. The fraction of sp³-hybridized carbons (Fsp3) is 0.889. The molecule has 1 rings (SSSR count). The SMILES string of the molecule is CCOC(=O)C1C(CCl)C1(C)C. The van der Waals surface area contributed by atoms with Crippen molar-refractivity contribution in [1.82, 2.24) is 0 Å². The van der Waals surface area contributed by atoms with E-state index in [2.05, 4.69) is 13.8 Å². The highest BCUT2D eigenvalue weighted by Gasteiger charge is 2.61. The molecule has 0 N–H and O–H groups in total. The van der Waals surface area contributed by atoms with E-state index in [1.165, 1.54) is 0 Å². The third-order valence-electron chi connectivity index (χ3n) is 2.76. The minimum Gasteiger partial charge on any atom is -0.466 e. The standard InChI is InChI=1S/C9H15ClO2/c1-4-12-8(11)7-6(5-10)9(7,2)3/h6-7H,4-5H2,1-3H3. The maximum Gasteiger partial charge on any atom is 0.309 e. The molecule has 2 unspecified atom stereocenters. The summed E-state index contributed by atoms with van der Waals surface area (Å²) >= 11 is 5.71. The van der Waals surface area contributed by atoms with E-state index in [1.54, 1.807) is 0 Å². The topological polar surface area (TPSA) is 26.3 Å². The quantitative estimate of drug-likeness (QED) is 0.503. The lowest BCUT2D eigenvalue weighted by Gasteiger charge is -2.01. The van der Waals surface area contributed by atoms with Crippen LogP contribution >= 0.6 is 11.6 Å². The molecule has 0 aromatic carbocycles. The largest absolute Gasteiger partial charge is 0.466 e. The second kappa shape index (κ2) is 3.25. The molecule has 1 fully saturated rings. The summed E-state index contributed by atoms with van der Waals surface area (Å²) in [6, 6.07) is 0. The van der Waals surface area contributed by atoms with Gasteiger partial charge in [-0.2, -0.15) is 0 Å². The van der Waals surface area contributed by atoms with Gasteiger partial charge in [0.15, 0.2) is 0 Å². The summed E-state index contributed by atoms with van der Waals surface area (Å²) in [5.41, 5.74) is 0.0496. The number of halogens is 1. The van der Waals surface area contributed by atoms with Gasteiger partial charge in [0.2, 0.25) is 0 Å². The molecule has 0 amide bonds. The Morgan fingerprint density at radius 3 is 2.50 bits per heavy atom. The van der Waals surface area contributed by atoms with Crippen LogP contribution in [0.3, 0.4) is 0 Å². The van der Waals surface area contributed by atoms with Crippen LogP contribution in [-0.2, 0) is 9.53 Å². The van der Waals surface area contributed by atoms with Gasteiger partial charge in [-0.15, -0.1) is 11.6 Å². The van der Waals surface area contributed by atoms with Crippen molar-refractivity contribution in [2.24, 2.45) is 17.3 Å². The van der Waals surface area contributed by atoms with Crippen LogP contribution in [0.4, 0.5) is 0 Å². The van der Waals surface area contributed by atoms with Gasteiger partial charge in [0, 0.05) is 5.88 Å². The van der Waals surface area contributed by atoms with E-state index in [9.17, 15) is 4.79 Å². The number of carbonyl (C=O) groups excluding carboxylic acids is 1. The molecule has 0 radical (unpaired) electrons. The Morgan fingerprint density at radius 1 is 1.58 bits per heavy atom. The van der Waals surface area contributed by atoms with Gasteiger partial charge in [-0.05, 0) is 18.3 Å². The molecule has 1 aliphatic rings. The summed E-state index contributed by atoms with van der Waals surface area (Å²) in [7, 11) is 0. The normalized spacial score (nSPS) is 31.3. The van der Waals surface area contributed by atoms with Crippen molar-refractivity contribution in [1.29, 1.82) is 0 Å². The molecule has 2 nitrogen and oxygen atoms in total. The molecule has 0 aliphatic heterocycles. The molecule has 0 spiro atoms. The Hall–Kier alpha value is -0.240. The molecule has 0 bridgehead atoms. The van der Waals surface area contributed by atoms with E-state index >= 15 is 0 Å². The van der Waals surface area contributed by atoms with Crippen LogP contribution < -0.4 is 0 Å². The monoisotopic (exact) mass is 190 g/mol. The van der Waals surface area contributed by atoms with Gasteiger partial charge in [-0.1, -0.05) is 13.8 Å². The van der Waals surface area contributed by atoms with Gasteiger partial charge in [0.05, 0.1) is 12.5 Å². The Balaban J connectivity index is 2.51. The minimum absolute atomic E-state index is 0.0231. The maximum absolute atomic E-state index is 11.3. The second-order valence-corrected chi connectivity index (χ2v) is 4.12. The first-order valence-electron chi connectivity index (χ1n) is 4.28. The van der Waals surface area contributed by atoms with Crippen LogP contribution in [0.15, 0.2) is 0 Å². The molecular formula is C9H15ClO2. The third-order valence-corrected chi connectivity index (χ3v) is 3.09. The van der Waals surface area contributed by atoms with E-state index in [4.69, 9.17) is 16.3 Å². The predicted molar refractivity (Wildman–Crippen MR) is 48.1 cm³/mol. The summed E-state index contributed by atoms with van der Waals surface area (Å²) in [6.07, 6.45) is 0. The average molecular weight is 191 g/mol. The molecule has 2 atom stereocenters. The number of carbonyl (C=O) groups is 1. The smallest absolute Gasteiger partial charge is 0.309 e. The van der Waals surface area contributed by atoms with E-state index in [0.717, 1.165) is 0 Å². The Morgan fingerprint density at radius 2 is 2.17 bits per heavy atom. The number of hydrogen-bond donors (Lipinski definition) is 0. The number of rotatable bonds is 3. The molecule has 0 heterocycles. The van der Waals surface area contributed by atoms with Crippen LogP contribution in [-0.4, -0.2) is 18.5 Å². The van der Waals surface area contributed by atoms with Gasteiger partial charge in [-0.3, -0.25) is 4.79 Å². The summed E-state index contributed by atoms with van der Waals surface area (Å²) in [5.74, 6) is 0.789.